The van der Waals surface area contributed by atoms with E-state index in [1.807, 2.05) is 18.3 Å². The van der Waals surface area contributed by atoms with Crippen molar-refractivity contribution in [3.63, 3.8) is 0 Å². The first-order chi connectivity index (χ1) is 13.9. The molecular weight excluding hydrogens is 348 g/mol. The molecule has 2 aliphatic rings. The molecule has 142 valence electrons. The van der Waals surface area contributed by atoms with Gasteiger partial charge >= 0.3 is 0 Å². The third-order valence-corrected chi connectivity index (χ3v) is 5.68. The second-order valence-electron chi connectivity index (χ2n) is 7.37. The van der Waals surface area contributed by atoms with Gasteiger partial charge in [-0.2, -0.15) is 4.98 Å². The Morgan fingerprint density at radius 3 is 2.79 bits per heavy atom. The van der Waals surface area contributed by atoms with E-state index >= 15 is 0 Å². The Morgan fingerprint density at radius 1 is 1.00 bits per heavy atom. The molecule has 0 amide bonds. The minimum Gasteiger partial charge on any atom is -0.377 e. The van der Waals surface area contributed by atoms with Crippen LogP contribution in [0.4, 0.5) is 11.8 Å². The zero-order valence-electron chi connectivity index (χ0n) is 15.8. The van der Waals surface area contributed by atoms with Gasteiger partial charge in [0.05, 0.1) is 25.3 Å². The Hall–Kier alpha value is -2.92. The third kappa shape index (κ3) is 3.34. The number of ether oxygens (including phenoxy) is 1. The third-order valence-electron chi connectivity index (χ3n) is 5.68. The molecule has 5 heteroatoms. The molecule has 0 bridgehead atoms. The van der Waals surface area contributed by atoms with Crippen LogP contribution in [0.1, 0.15) is 35.2 Å². The van der Waals surface area contributed by atoms with Gasteiger partial charge in [-0.3, -0.25) is 0 Å². The number of rotatable bonds is 4. The number of hydrogen-bond donors (Lipinski definition) is 1. The lowest BCUT2D eigenvalue weighted by molar-refractivity contribution is 0.0937. The van der Waals surface area contributed by atoms with E-state index in [2.05, 4.69) is 63.7 Å². The van der Waals surface area contributed by atoms with Crippen LogP contribution in [0.25, 0.3) is 0 Å². The fourth-order valence-corrected chi connectivity index (χ4v) is 4.27. The second-order valence-corrected chi connectivity index (χ2v) is 7.37. The highest BCUT2D eigenvalue weighted by Gasteiger charge is 2.27. The average Bonchev–Trinajstić information content (AvgIpc) is 3.17. The molecule has 1 saturated heterocycles. The molecule has 0 saturated carbocycles. The molecule has 2 aromatic carbocycles. The highest BCUT2D eigenvalue weighted by Crippen LogP contribution is 2.34. The Morgan fingerprint density at radius 2 is 1.86 bits per heavy atom. The number of anilines is 2. The van der Waals surface area contributed by atoms with E-state index in [-0.39, 0.29) is 12.1 Å². The van der Waals surface area contributed by atoms with Crippen LogP contribution in [0.2, 0.25) is 0 Å². The summed E-state index contributed by atoms with van der Waals surface area (Å²) in [6.07, 6.45) is 4.03. The normalized spacial score (nSPS) is 21.4. The number of nitrogens with one attached hydrogen (secondary N) is 1. The van der Waals surface area contributed by atoms with E-state index in [9.17, 15) is 0 Å². The van der Waals surface area contributed by atoms with E-state index in [4.69, 9.17) is 9.72 Å². The zero-order chi connectivity index (χ0) is 18.8. The molecule has 1 N–H and O–H groups in total. The van der Waals surface area contributed by atoms with Gasteiger partial charge in [0.1, 0.15) is 5.82 Å². The van der Waals surface area contributed by atoms with Gasteiger partial charge in [-0.15, -0.1) is 0 Å². The molecular formula is C23H24N4O. The maximum Gasteiger partial charge on any atom is 0.225 e. The monoisotopic (exact) mass is 372 g/mol. The Labute approximate surface area is 165 Å². The van der Waals surface area contributed by atoms with Crippen LogP contribution in [0.15, 0.2) is 66.9 Å². The topological polar surface area (TPSA) is 50.3 Å². The number of nitrogens with zero attached hydrogens (tertiary/aromatic N) is 3. The summed E-state index contributed by atoms with van der Waals surface area (Å²) in [5.74, 6) is 1.64. The summed E-state index contributed by atoms with van der Waals surface area (Å²) in [7, 11) is 0. The molecule has 3 aromatic rings. The first-order valence-electron chi connectivity index (χ1n) is 9.95. The number of fused-ring (bicyclic) bond motifs is 1. The van der Waals surface area contributed by atoms with Crippen LogP contribution in [-0.4, -0.2) is 29.7 Å². The Kier molecular flexibility index (Phi) is 4.67. The van der Waals surface area contributed by atoms with E-state index in [1.54, 1.807) is 0 Å². The maximum atomic E-state index is 5.76. The summed E-state index contributed by atoms with van der Waals surface area (Å²) in [5, 5.41) is 3.55. The van der Waals surface area contributed by atoms with Crippen LogP contribution in [0.5, 0.6) is 0 Å². The predicted molar refractivity (Wildman–Crippen MR) is 111 cm³/mol. The summed E-state index contributed by atoms with van der Waals surface area (Å²) >= 11 is 0. The van der Waals surface area contributed by atoms with Crippen molar-refractivity contribution in [1.29, 1.82) is 0 Å². The fraction of sp³-hybridized carbons (Fsp3) is 0.304. The van der Waals surface area contributed by atoms with Crippen LogP contribution in [0.3, 0.4) is 0 Å². The highest BCUT2D eigenvalue weighted by molar-refractivity contribution is 5.48. The first kappa shape index (κ1) is 17.2. The average molecular weight is 372 g/mol. The molecule has 0 spiro atoms. The molecule has 0 radical (unpaired) electrons. The molecule has 1 unspecified atom stereocenters. The van der Waals surface area contributed by atoms with Crippen molar-refractivity contribution >= 4 is 11.8 Å². The number of hydrogen-bond acceptors (Lipinski definition) is 5. The standard InChI is InChI=1S/C23H24N4O/c1-2-7-18(8-3-1)21-16-28-15-14-27(21)22-12-13-24-23(26-22)25-20-11-10-17-6-4-5-9-19(17)20/h1-9,12-13,20-21H,10-11,14-16H2,(H,24,25,26)/t20?,21-/m1/s1. The van der Waals surface area contributed by atoms with Crippen molar-refractivity contribution in [2.75, 3.05) is 30.0 Å². The molecule has 1 aromatic heterocycles. The Balaban J connectivity index is 1.39. The minimum absolute atomic E-state index is 0.171. The van der Waals surface area contributed by atoms with E-state index in [1.165, 1.54) is 16.7 Å². The van der Waals surface area contributed by atoms with Gasteiger partial charge in [-0.25, -0.2) is 4.98 Å². The summed E-state index contributed by atoms with van der Waals surface area (Å²) in [6.45, 7) is 2.21. The van der Waals surface area contributed by atoms with E-state index in [0.29, 0.717) is 19.2 Å². The molecule has 2 atom stereocenters. The van der Waals surface area contributed by atoms with E-state index < -0.39 is 0 Å². The largest absolute Gasteiger partial charge is 0.377 e. The SMILES string of the molecule is c1ccc([C@H]2COCCN2c2ccnc(NC3CCc4ccccc43)n2)cc1. The van der Waals surface area contributed by atoms with Gasteiger partial charge in [-0.05, 0) is 35.6 Å². The quantitative estimate of drug-likeness (QED) is 0.745. The van der Waals surface area contributed by atoms with Crippen LogP contribution in [-0.2, 0) is 11.2 Å². The van der Waals surface area contributed by atoms with Crippen molar-refractivity contribution in [2.45, 2.75) is 24.9 Å². The lowest BCUT2D eigenvalue weighted by Crippen LogP contribution is -2.40. The number of morpholine rings is 1. The number of benzene rings is 2. The molecule has 5 rings (SSSR count). The Bertz CT molecular complexity index is 946. The van der Waals surface area contributed by atoms with Crippen LogP contribution in [0, 0.1) is 0 Å². The van der Waals surface area contributed by atoms with Crippen molar-refractivity contribution in [2.24, 2.45) is 0 Å². The summed E-state index contributed by atoms with van der Waals surface area (Å²) in [5.41, 5.74) is 4.04. The molecule has 1 aliphatic heterocycles. The smallest absolute Gasteiger partial charge is 0.225 e. The minimum atomic E-state index is 0.171. The van der Waals surface area contributed by atoms with Crippen molar-refractivity contribution in [3.8, 4) is 0 Å². The summed E-state index contributed by atoms with van der Waals surface area (Å²) in [4.78, 5) is 11.7. The molecule has 5 nitrogen and oxygen atoms in total. The second kappa shape index (κ2) is 7.60. The van der Waals surface area contributed by atoms with Gasteiger partial charge in [0, 0.05) is 12.7 Å². The molecule has 2 heterocycles. The van der Waals surface area contributed by atoms with Crippen LogP contribution >= 0.6 is 0 Å². The van der Waals surface area contributed by atoms with Gasteiger partial charge in [-0.1, -0.05) is 54.6 Å². The molecule has 1 aliphatic carbocycles. The number of aromatic nitrogens is 2. The van der Waals surface area contributed by atoms with Gasteiger partial charge < -0.3 is 15.0 Å². The lowest BCUT2D eigenvalue weighted by atomic mass is 10.1. The zero-order valence-corrected chi connectivity index (χ0v) is 15.8. The van der Waals surface area contributed by atoms with Crippen molar-refractivity contribution in [3.05, 3.63) is 83.6 Å². The van der Waals surface area contributed by atoms with E-state index in [0.717, 1.165) is 25.2 Å². The fourth-order valence-electron chi connectivity index (χ4n) is 4.27. The van der Waals surface area contributed by atoms with Crippen LogP contribution < -0.4 is 10.2 Å². The van der Waals surface area contributed by atoms with Gasteiger partial charge in [0.25, 0.3) is 0 Å². The van der Waals surface area contributed by atoms with Gasteiger partial charge in [0.2, 0.25) is 5.95 Å². The molecule has 1 fully saturated rings. The lowest BCUT2D eigenvalue weighted by Gasteiger charge is -2.36. The summed E-state index contributed by atoms with van der Waals surface area (Å²) < 4.78 is 5.76. The number of aryl methyl sites for hydroxylation is 1. The first-order valence-corrected chi connectivity index (χ1v) is 9.95. The van der Waals surface area contributed by atoms with Crippen molar-refractivity contribution in [1.82, 2.24) is 9.97 Å². The van der Waals surface area contributed by atoms with Crippen molar-refractivity contribution < 1.29 is 4.74 Å². The van der Waals surface area contributed by atoms with Gasteiger partial charge in [0.15, 0.2) is 0 Å². The predicted octanol–water partition coefficient (Wildman–Crippen LogP) is 4.15. The molecule has 28 heavy (non-hydrogen) atoms. The maximum absolute atomic E-state index is 5.76. The summed E-state index contributed by atoms with van der Waals surface area (Å²) in [6, 6.07) is 21.6. The highest BCUT2D eigenvalue weighted by atomic mass is 16.5.